The Balaban J connectivity index is 1.45. The molecule has 0 aliphatic carbocycles. The first kappa shape index (κ1) is 21.3. The zero-order valence-corrected chi connectivity index (χ0v) is 19.0. The van der Waals surface area contributed by atoms with E-state index in [1.807, 2.05) is 25.1 Å². The zero-order valence-electron chi connectivity index (χ0n) is 17.4. The van der Waals surface area contributed by atoms with Gasteiger partial charge >= 0.3 is 0 Å². The van der Waals surface area contributed by atoms with E-state index in [4.69, 9.17) is 0 Å². The third-order valence-corrected chi connectivity index (χ3v) is 6.83. The van der Waals surface area contributed by atoms with Crippen LogP contribution in [0, 0.1) is 12.7 Å². The van der Waals surface area contributed by atoms with E-state index in [1.54, 1.807) is 36.4 Å². The first-order chi connectivity index (χ1) is 16.0. The molecule has 1 N–H and O–H groups in total. The van der Waals surface area contributed by atoms with Crippen molar-refractivity contribution in [2.75, 3.05) is 11.1 Å². The lowest BCUT2D eigenvalue weighted by molar-refractivity contribution is -0.113. The number of anilines is 1. The van der Waals surface area contributed by atoms with Gasteiger partial charge in [0.25, 0.3) is 5.56 Å². The fraction of sp³-hybridized carbons (Fsp3) is 0.0833. The summed E-state index contributed by atoms with van der Waals surface area (Å²) in [6.45, 7) is 2.00. The number of hydrogen-bond donors (Lipinski definition) is 1. The van der Waals surface area contributed by atoms with Gasteiger partial charge in [0.05, 0.1) is 32.6 Å². The maximum absolute atomic E-state index is 14.6. The van der Waals surface area contributed by atoms with Gasteiger partial charge in [-0.2, -0.15) is 0 Å². The second-order valence-electron chi connectivity index (χ2n) is 7.33. The lowest BCUT2D eigenvalue weighted by atomic mass is 10.2. The van der Waals surface area contributed by atoms with E-state index < -0.39 is 11.4 Å². The van der Waals surface area contributed by atoms with Gasteiger partial charge in [-0.3, -0.25) is 14.2 Å². The van der Waals surface area contributed by atoms with Gasteiger partial charge in [-0.15, -0.1) is 0 Å². The van der Waals surface area contributed by atoms with Crippen LogP contribution in [0.25, 0.3) is 26.8 Å². The van der Waals surface area contributed by atoms with Crippen LogP contribution in [0.3, 0.4) is 0 Å². The molecular formula is C24H17FN4O2S2. The average molecular weight is 477 g/mol. The summed E-state index contributed by atoms with van der Waals surface area (Å²) in [4.78, 5) is 34.8. The maximum Gasteiger partial charge on any atom is 0.266 e. The van der Waals surface area contributed by atoms with Gasteiger partial charge in [0.1, 0.15) is 5.82 Å². The summed E-state index contributed by atoms with van der Waals surface area (Å²) in [7, 11) is 0. The molecule has 9 heteroatoms. The second-order valence-corrected chi connectivity index (χ2v) is 9.30. The van der Waals surface area contributed by atoms with Gasteiger partial charge in [-0.25, -0.2) is 14.4 Å². The molecule has 0 atom stereocenters. The number of fused-ring (bicyclic) bond motifs is 2. The molecule has 0 saturated carbocycles. The molecule has 6 nitrogen and oxygen atoms in total. The van der Waals surface area contributed by atoms with Crippen molar-refractivity contribution in [3.05, 3.63) is 88.5 Å². The molecule has 5 rings (SSSR count). The van der Waals surface area contributed by atoms with E-state index >= 15 is 0 Å². The van der Waals surface area contributed by atoms with Gasteiger partial charge < -0.3 is 5.32 Å². The van der Waals surface area contributed by atoms with E-state index in [1.165, 1.54) is 28.0 Å². The van der Waals surface area contributed by atoms with E-state index in [-0.39, 0.29) is 22.5 Å². The number of aromatic nitrogens is 3. The summed E-state index contributed by atoms with van der Waals surface area (Å²) in [6, 6.07) is 18.8. The quantitative estimate of drug-likeness (QED) is 0.280. The second kappa shape index (κ2) is 8.76. The Morgan fingerprint density at radius 3 is 2.70 bits per heavy atom. The molecule has 0 spiro atoms. The predicted octanol–water partition coefficient (Wildman–Crippen LogP) is 5.17. The zero-order chi connectivity index (χ0) is 22.9. The number of nitrogens with one attached hydrogen (secondary N) is 1. The Kier molecular flexibility index (Phi) is 5.65. The first-order valence-electron chi connectivity index (χ1n) is 10.1. The average Bonchev–Trinajstić information content (AvgIpc) is 3.20. The number of halogens is 1. The lowest BCUT2D eigenvalue weighted by Crippen LogP contribution is -2.23. The number of rotatable bonds is 5. The van der Waals surface area contributed by atoms with Crippen LogP contribution in [-0.2, 0) is 4.79 Å². The highest BCUT2D eigenvalue weighted by molar-refractivity contribution is 7.99. The van der Waals surface area contributed by atoms with E-state index in [9.17, 15) is 14.0 Å². The molecule has 164 valence electrons. The minimum absolute atomic E-state index is 0.0197. The fourth-order valence-corrected chi connectivity index (χ4v) is 5.21. The summed E-state index contributed by atoms with van der Waals surface area (Å²) >= 11 is 2.46. The molecule has 5 aromatic rings. The molecule has 0 fully saturated rings. The van der Waals surface area contributed by atoms with Crippen LogP contribution in [0.5, 0.6) is 0 Å². The van der Waals surface area contributed by atoms with Crippen molar-refractivity contribution in [2.24, 2.45) is 0 Å². The third-order valence-electron chi connectivity index (χ3n) is 4.96. The molecule has 3 aromatic carbocycles. The van der Waals surface area contributed by atoms with Gasteiger partial charge in [0, 0.05) is 0 Å². The van der Waals surface area contributed by atoms with Crippen LogP contribution >= 0.6 is 23.1 Å². The number of amides is 1. The van der Waals surface area contributed by atoms with Crippen molar-refractivity contribution in [1.82, 2.24) is 14.5 Å². The summed E-state index contributed by atoms with van der Waals surface area (Å²) in [5.74, 6) is -0.861. The monoisotopic (exact) mass is 476 g/mol. The SMILES string of the molecule is Cc1ccc2nc(NC(=O)CSc3nc4ccccc4c(=O)n3-c3ccccc3F)sc2c1. The smallest absolute Gasteiger partial charge is 0.266 e. The summed E-state index contributed by atoms with van der Waals surface area (Å²) in [5, 5.41) is 3.91. The largest absolute Gasteiger partial charge is 0.301 e. The molecule has 0 bridgehead atoms. The number of aryl methyl sites for hydroxylation is 1. The Bertz CT molecular complexity index is 1580. The van der Waals surface area contributed by atoms with Gasteiger partial charge in [0.15, 0.2) is 10.3 Å². The van der Waals surface area contributed by atoms with Crippen molar-refractivity contribution in [3.8, 4) is 5.69 Å². The molecule has 33 heavy (non-hydrogen) atoms. The number of thiazole rings is 1. The number of para-hydroxylation sites is 2. The van der Waals surface area contributed by atoms with Gasteiger partial charge in [-0.1, -0.05) is 53.4 Å². The van der Waals surface area contributed by atoms with Crippen molar-refractivity contribution >= 4 is 55.3 Å². The highest BCUT2D eigenvalue weighted by atomic mass is 32.2. The molecule has 2 heterocycles. The van der Waals surface area contributed by atoms with Crippen molar-refractivity contribution in [1.29, 1.82) is 0 Å². The van der Waals surface area contributed by atoms with E-state index in [0.717, 1.165) is 27.5 Å². The lowest BCUT2D eigenvalue weighted by Gasteiger charge is -2.13. The molecule has 0 aliphatic heterocycles. The van der Waals surface area contributed by atoms with Crippen LogP contribution in [0.4, 0.5) is 9.52 Å². The van der Waals surface area contributed by atoms with E-state index in [2.05, 4.69) is 15.3 Å². The van der Waals surface area contributed by atoms with Crippen LogP contribution in [0.1, 0.15) is 5.56 Å². The number of hydrogen-bond acceptors (Lipinski definition) is 6. The van der Waals surface area contributed by atoms with Gasteiger partial charge in [-0.05, 0) is 48.9 Å². The first-order valence-corrected chi connectivity index (χ1v) is 11.9. The molecule has 2 aromatic heterocycles. The fourth-order valence-electron chi connectivity index (χ4n) is 3.43. The minimum atomic E-state index is -0.548. The predicted molar refractivity (Wildman–Crippen MR) is 131 cm³/mol. The Morgan fingerprint density at radius 1 is 1.06 bits per heavy atom. The minimum Gasteiger partial charge on any atom is -0.301 e. The van der Waals surface area contributed by atoms with Gasteiger partial charge in [0.2, 0.25) is 5.91 Å². The third kappa shape index (κ3) is 4.24. The molecular weight excluding hydrogens is 459 g/mol. The number of carbonyl (C=O) groups is 1. The normalized spacial score (nSPS) is 11.2. The van der Waals surface area contributed by atoms with Crippen LogP contribution in [0.15, 0.2) is 76.7 Å². The Labute approximate surface area is 196 Å². The molecule has 1 amide bonds. The number of thioether (sulfide) groups is 1. The summed E-state index contributed by atoms with van der Waals surface area (Å²) in [6.07, 6.45) is 0. The highest BCUT2D eigenvalue weighted by Gasteiger charge is 2.17. The number of carbonyl (C=O) groups excluding carboxylic acids is 1. The van der Waals surface area contributed by atoms with Crippen molar-refractivity contribution in [3.63, 3.8) is 0 Å². The number of benzene rings is 3. The maximum atomic E-state index is 14.6. The van der Waals surface area contributed by atoms with Crippen LogP contribution < -0.4 is 10.9 Å². The van der Waals surface area contributed by atoms with E-state index in [0.29, 0.717) is 16.0 Å². The Hall–Kier alpha value is -3.56. The summed E-state index contributed by atoms with van der Waals surface area (Å²) < 4.78 is 16.8. The van der Waals surface area contributed by atoms with Crippen LogP contribution in [-0.4, -0.2) is 26.2 Å². The molecule has 0 saturated heterocycles. The van der Waals surface area contributed by atoms with Crippen molar-refractivity contribution in [2.45, 2.75) is 12.1 Å². The van der Waals surface area contributed by atoms with Crippen LogP contribution in [0.2, 0.25) is 0 Å². The Morgan fingerprint density at radius 2 is 1.85 bits per heavy atom. The molecule has 0 unspecified atom stereocenters. The van der Waals surface area contributed by atoms with Crippen molar-refractivity contribution < 1.29 is 9.18 Å². The number of nitrogens with zero attached hydrogens (tertiary/aromatic N) is 3. The molecule has 0 aliphatic rings. The highest BCUT2D eigenvalue weighted by Crippen LogP contribution is 2.27. The summed E-state index contributed by atoms with van der Waals surface area (Å²) in [5.41, 5.74) is 2.12. The molecule has 0 radical (unpaired) electrons. The topological polar surface area (TPSA) is 76.9 Å². The standard InChI is InChI=1S/C24H17FN4O2S2/c1-14-10-11-18-20(12-14)33-23(26-18)28-21(30)13-32-24-27-17-8-4-2-6-15(17)22(31)29(24)19-9-5-3-7-16(19)25/h2-12H,13H2,1H3,(H,26,28,30).